The number of nitrogens with zero attached hydrogens (tertiary/aromatic N) is 1. The Morgan fingerprint density at radius 3 is 2.63 bits per heavy atom. The smallest absolute Gasteiger partial charge is 0.219 e. The number of carbonyl (C=O) groups excluding carboxylic acids is 1. The molecule has 0 amide bonds. The van der Waals surface area contributed by atoms with E-state index in [2.05, 4.69) is 0 Å². The van der Waals surface area contributed by atoms with E-state index in [4.69, 9.17) is 27.6 Å². The largest absolute Gasteiger partial charge is 0.461 e. The Bertz CT molecular complexity index is 670. The van der Waals surface area contributed by atoms with Gasteiger partial charge < -0.3 is 4.42 Å². The molecular weight excluding hydrogens is 285 g/mol. The Kier molecular flexibility index (Phi) is 3.94. The van der Waals surface area contributed by atoms with Gasteiger partial charge >= 0.3 is 0 Å². The Morgan fingerprint density at radius 2 is 2.11 bits per heavy atom. The highest BCUT2D eigenvalue weighted by atomic mass is 35.5. The maximum absolute atomic E-state index is 12.3. The van der Waals surface area contributed by atoms with Crippen LogP contribution in [0.3, 0.4) is 0 Å². The van der Waals surface area contributed by atoms with Crippen LogP contribution in [0.2, 0.25) is 10.0 Å². The summed E-state index contributed by atoms with van der Waals surface area (Å²) in [7, 11) is 0. The molecule has 0 bridgehead atoms. The van der Waals surface area contributed by atoms with E-state index in [9.17, 15) is 10.1 Å². The number of ketones is 1. The number of rotatable bonds is 3. The Balaban J connectivity index is 2.44. The average molecular weight is 294 g/mol. The maximum Gasteiger partial charge on any atom is 0.219 e. The highest BCUT2D eigenvalue weighted by Crippen LogP contribution is 2.30. The summed E-state index contributed by atoms with van der Waals surface area (Å²) in [4.78, 5) is 12.3. The number of benzene rings is 1. The quantitative estimate of drug-likeness (QED) is 0.789. The first-order valence-corrected chi connectivity index (χ1v) is 6.23. The molecule has 0 radical (unpaired) electrons. The molecular formula is C14H9Cl2NO2. The average Bonchev–Trinajstić information content (AvgIpc) is 2.78. The fraction of sp³-hybridized carbons (Fsp3) is 0.143. The predicted octanol–water partition coefficient (Wildman–Crippen LogP) is 4.38. The van der Waals surface area contributed by atoms with Gasteiger partial charge in [0.05, 0.1) is 12.3 Å². The fourth-order valence-corrected chi connectivity index (χ4v) is 2.28. The van der Waals surface area contributed by atoms with Gasteiger partial charge in [-0.2, -0.15) is 5.26 Å². The summed E-state index contributed by atoms with van der Waals surface area (Å²) in [6.07, 6.45) is 1.42. The van der Waals surface area contributed by atoms with E-state index in [-0.39, 0.29) is 10.8 Å². The van der Waals surface area contributed by atoms with Crippen molar-refractivity contribution in [2.75, 3.05) is 0 Å². The zero-order valence-corrected chi connectivity index (χ0v) is 11.5. The molecule has 1 aromatic carbocycles. The molecule has 0 aliphatic rings. The number of carbonyl (C=O) groups is 1. The van der Waals surface area contributed by atoms with E-state index < -0.39 is 11.7 Å². The normalized spacial score (nSPS) is 11.9. The zero-order chi connectivity index (χ0) is 14.0. The highest BCUT2D eigenvalue weighted by Gasteiger charge is 2.27. The molecule has 1 atom stereocenters. The number of aryl methyl sites for hydroxylation is 1. The van der Waals surface area contributed by atoms with Gasteiger partial charge in [0.15, 0.2) is 5.76 Å². The molecule has 0 N–H and O–H groups in total. The lowest BCUT2D eigenvalue weighted by atomic mass is 9.93. The van der Waals surface area contributed by atoms with Gasteiger partial charge in [0.25, 0.3) is 0 Å². The van der Waals surface area contributed by atoms with Crippen molar-refractivity contribution in [2.24, 2.45) is 0 Å². The SMILES string of the molecule is Cc1ccoc1C(=O)C(C#N)c1ccc(Cl)cc1Cl. The molecule has 19 heavy (non-hydrogen) atoms. The lowest BCUT2D eigenvalue weighted by Gasteiger charge is -2.09. The van der Waals surface area contributed by atoms with Gasteiger partial charge in [-0.05, 0) is 36.2 Å². The number of halogens is 2. The van der Waals surface area contributed by atoms with Crippen molar-refractivity contribution in [2.45, 2.75) is 12.8 Å². The van der Waals surface area contributed by atoms with Crippen molar-refractivity contribution in [1.29, 1.82) is 5.26 Å². The standard InChI is InChI=1S/C14H9Cl2NO2/c1-8-4-5-19-14(8)13(18)11(7-17)10-3-2-9(15)6-12(10)16/h2-6,11H,1H3. The molecule has 3 nitrogen and oxygen atoms in total. The second kappa shape index (κ2) is 5.48. The molecule has 1 unspecified atom stereocenters. The van der Waals surface area contributed by atoms with Gasteiger partial charge in [-0.1, -0.05) is 29.3 Å². The van der Waals surface area contributed by atoms with Gasteiger partial charge in [-0.3, -0.25) is 4.79 Å². The van der Waals surface area contributed by atoms with Crippen LogP contribution in [-0.2, 0) is 0 Å². The number of nitriles is 1. The van der Waals surface area contributed by atoms with Gasteiger partial charge in [0, 0.05) is 10.0 Å². The number of furan rings is 1. The summed E-state index contributed by atoms with van der Waals surface area (Å²) in [5.41, 5.74) is 1.12. The summed E-state index contributed by atoms with van der Waals surface area (Å²) < 4.78 is 5.12. The summed E-state index contributed by atoms with van der Waals surface area (Å²) in [6.45, 7) is 1.74. The molecule has 0 fully saturated rings. The van der Waals surface area contributed by atoms with E-state index in [1.54, 1.807) is 25.1 Å². The first-order valence-electron chi connectivity index (χ1n) is 5.47. The second-order valence-corrected chi connectivity index (χ2v) is 4.87. The number of Topliss-reactive ketones (excluding diaryl/α,β-unsaturated/α-hetero) is 1. The van der Waals surface area contributed by atoms with Crippen LogP contribution in [0.1, 0.15) is 27.6 Å². The number of hydrogen-bond donors (Lipinski definition) is 0. The molecule has 0 spiro atoms. The highest BCUT2D eigenvalue weighted by molar-refractivity contribution is 6.35. The molecule has 5 heteroatoms. The van der Waals surface area contributed by atoms with Crippen molar-refractivity contribution in [3.05, 3.63) is 57.5 Å². The summed E-state index contributed by atoms with van der Waals surface area (Å²) in [6, 6.07) is 8.30. The lowest BCUT2D eigenvalue weighted by Crippen LogP contribution is -2.12. The third-order valence-electron chi connectivity index (χ3n) is 2.75. The van der Waals surface area contributed by atoms with Gasteiger partial charge in [-0.25, -0.2) is 0 Å². The van der Waals surface area contributed by atoms with Gasteiger partial charge in [0.1, 0.15) is 5.92 Å². The van der Waals surface area contributed by atoms with Crippen LogP contribution in [0.25, 0.3) is 0 Å². The molecule has 0 aliphatic carbocycles. The Hall–Kier alpha value is -1.76. The lowest BCUT2D eigenvalue weighted by molar-refractivity contribution is 0.0951. The van der Waals surface area contributed by atoms with E-state index in [1.807, 2.05) is 6.07 Å². The van der Waals surface area contributed by atoms with Crippen molar-refractivity contribution < 1.29 is 9.21 Å². The van der Waals surface area contributed by atoms with Crippen molar-refractivity contribution in [1.82, 2.24) is 0 Å². The van der Waals surface area contributed by atoms with Gasteiger partial charge in [0.2, 0.25) is 5.78 Å². The van der Waals surface area contributed by atoms with Crippen molar-refractivity contribution in [3.8, 4) is 6.07 Å². The summed E-state index contributed by atoms with van der Waals surface area (Å²) >= 11 is 11.8. The van der Waals surface area contributed by atoms with Crippen LogP contribution < -0.4 is 0 Å². The molecule has 1 aromatic heterocycles. The Morgan fingerprint density at radius 1 is 1.37 bits per heavy atom. The monoisotopic (exact) mass is 293 g/mol. The van der Waals surface area contributed by atoms with Crippen molar-refractivity contribution in [3.63, 3.8) is 0 Å². The van der Waals surface area contributed by atoms with Crippen LogP contribution in [0.15, 0.2) is 34.9 Å². The molecule has 2 rings (SSSR count). The third-order valence-corrected chi connectivity index (χ3v) is 3.31. The maximum atomic E-state index is 12.3. The second-order valence-electron chi connectivity index (χ2n) is 4.02. The summed E-state index contributed by atoms with van der Waals surface area (Å²) in [5.74, 6) is -1.23. The number of hydrogen-bond acceptors (Lipinski definition) is 3. The van der Waals surface area contributed by atoms with E-state index in [0.717, 1.165) is 0 Å². The summed E-state index contributed by atoms with van der Waals surface area (Å²) in [5, 5.41) is 9.97. The zero-order valence-electron chi connectivity index (χ0n) is 9.98. The van der Waals surface area contributed by atoms with Crippen LogP contribution in [0.4, 0.5) is 0 Å². The predicted molar refractivity (Wildman–Crippen MR) is 72.6 cm³/mol. The molecule has 0 aliphatic heterocycles. The first-order chi connectivity index (χ1) is 9.04. The van der Waals surface area contributed by atoms with Crippen LogP contribution in [0.5, 0.6) is 0 Å². The van der Waals surface area contributed by atoms with E-state index in [1.165, 1.54) is 12.3 Å². The minimum atomic E-state index is -1.00. The third kappa shape index (κ3) is 2.65. The Labute approximate surface area is 120 Å². The van der Waals surface area contributed by atoms with E-state index >= 15 is 0 Å². The molecule has 0 saturated heterocycles. The molecule has 2 aromatic rings. The van der Waals surface area contributed by atoms with Crippen LogP contribution in [-0.4, -0.2) is 5.78 Å². The molecule has 1 heterocycles. The van der Waals surface area contributed by atoms with Crippen LogP contribution >= 0.6 is 23.2 Å². The van der Waals surface area contributed by atoms with E-state index in [0.29, 0.717) is 16.1 Å². The fourth-order valence-electron chi connectivity index (χ4n) is 1.76. The van der Waals surface area contributed by atoms with Crippen molar-refractivity contribution >= 4 is 29.0 Å². The minimum absolute atomic E-state index is 0.178. The minimum Gasteiger partial charge on any atom is -0.461 e. The first kappa shape index (κ1) is 13.7. The topological polar surface area (TPSA) is 54.0 Å². The molecule has 96 valence electrons. The van der Waals surface area contributed by atoms with Crippen LogP contribution in [0, 0.1) is 18.3 Å². The van der Waals surface area contributed by atoms with Gasteiger partial charge in [-0.15, -0.1) is 0 Å². The molecule has 0 saturated carbocycles.